The summed E-state index contributed by atoms with van der Waals surface area (Å²) in [7, 11) is 0. The minimum absolute atomic E-state index is 0.260. The van der Waals surface area contributed by atoms with Crippen molar-refractivity contribution >= 4 is 40.1 Å². The Morgan fingerprint density at radius 3 is 2.70 bits per heavy atom. The number of aromatic nitrogens is 1. The fourth-order valence-electron chi connectivity index (χ4n) is 3.42. The van der Waals surface area contributed by atoms with Crippen molar-refractivity contribution in [2.75, 3.05) is 13.1 Å². The Hall–Kier alpha value is -2.14. The Balaban J connectivity index is 1.65. The molecule has 4 rings (SSSR count). The highest BCUT2D eigenvalue weighted by Crippen LogP contribution is 2.30. The molecule has 1 aliphatic heterocycles. The first kappa shape index (κ1) is 18.2. The number of nitrogens with zero attached hydrogens (tertiary/aromatic N) is 2. The number of rotatable bonds is 4. The van der Waals surface area contributed by atoms with Gasteiger partial charge in [-0.25, -0.2) is 4.79 Å². The van der Waals surface area contributed by atoms with Gasteiger partial charge in [-0.3, -0.25) is 9.88 Å². The van der Waals surface area contributed by atoms with E-state index in [0.29, 0.717) is 16.3 Å². The topological polar surface area (TPSA) is 42.4 Å². The van der Waals surface area contributed by atoms with Gasteiger partial charge in [-0.2, -0.15) is 0 Å². The summed E-state index contributed by atoms with van der Waals surface area (Å²) < 4.78 is 5.62. The Bertz CT molecular complexity index is 1000. The molecule has 0 radical (unpaired) electrons. The van der Waals surface area contributed by atoms with Crippen molar-refractivity contribution in [1.29, 1.82) is 0 Å². The highest BCUT2D eigenvalue weighted by atomic mass is 35.5. The monoisotopic (exact) mass is 400 g/mol. The van der Waals surface area contributed by atoms with E-state index in [-0.39, 0.29) is 10.6 Å². The summed E-state index contributed by atoms with van der Waals surface area (Å²) in [5, 5.41) is 1.72. The van der Waals surface area contributed by atoms with Crippen LogP contribution < -0.4 is 4.74 Å². The lowest BCUT2D eigenvalue weighted by Crippen LogP contribution is -2.18. The second-order valence-electron chi connectivity index (χ2n) is 6.62. The number of halogens is 2. The third kappa shape index (κ3) is 3.93. The van der Waals surface area contributed by atoms with Crippen LogP contribution in [0.5, 0.6) is 5.75 Å². The largest absolute Gasteiger partial charge is 0.421 e. The smallest absolute Gasteiger partial charge is 0.345 e. The van der Waals surface area contributed by atoms with Crippen molar-refractivity contribution in [1.82, 2.24) is 9.88 Å². The van der Waals surface area contributed by atoms with Gasteiger partial charge in [-0.15, -0.1) is 0 Å². The fourth-order valence-corrected chi connectivity index (χ4v) is 3.90. The predicted molar refractivity (Wildman–Crippen MR) is 108 cm³/mol. The van der Waals surface area contributed by atoms with Crippen molar-refractivity contribution in [3.8, 4) is 5.75 Å². The Labute approximate surface area is 167 Å². The van der Waals surface area contributed by atoms with Crippen LogP contribution in [-0.2, 0) is 6.54 Å². The first-order valence-corrected chi connectivity index (χ1v) is 9.63. The van der Waals surface area contributed by atoms with E-state index in [4.69, 9.17) is 27.9 Å². The average molecular weight is 401 g/mol. The summed E-state index contributed by atoms with van der Waals surface area (Å²) in [6, 6.07) is 12.4. The average Bonchev–Trinajstić information content (AvgIpc) is 3.17. The molecule has 0 spiro atoms. The SMILES string of the molecule is O=C(Oc1ccc(CN2CCCC2)c2cccnc12)c1ccc(Cl)cc1Cl. The van der Waals surface area contributed by atoms with Crippen LogP contribution in [0.2, 0.25) is 10.0 Å². The van der Waals surface area contributed by atoms with E-state index in [0.717, 1.165) is 25.0 Å². The Morgan fingerprint density at radius 1 is 1.11 bits per heavy atom. The highest BCUT2D eigenvalue weighted by molar-refractivity contribution is 6.36. The maximum atomic E-state index is 12.6. The number of carbonyl (C=O) groups excluding carboxylic acids is 1. The molecule has 3 aromatic rings. The van der Waals surface area contributed by atoms with Gasteiger partial charge in [0, 0.05) is 23.2 Å². The van der Waals surface area contributed by atoms with E-state index in [2.05, 4.69) is 9.88 Å². The molecular weight excluding hydrogens is 383 g/mol. The highest BCUT2D eigenvalue weighted by Gasteiger charge is 2.18. The van der Waals surface area contributed by atoms with Crippen LogP contribution in [0, 0.1) is 0 Å². The van der Waals surface area contributed by atoms with Crippen LogP contribution in [-0.4, -0.2) is 28.9 Å². The second kappa shape index (κ2) is 7.85. The van der Waals surface area contributed by atoms with Gasteiger partial charge in [-0.05, 0) is 61.8 Å². The maximum absolute atomic E-state index is 12.6. The minimum Gasteiger partial charge on any atom is -0.421 e. The van der Waals surface area contributed by atoms with Crippen molar-refractivity contribution in [2.24, 2.45) is 0 Å². The van der Waals surface area contributed by atoms with E-state index in [1.54, 1.807) is 18.3 Å². The Kier molecular flexibility index (Phi) is 5.30. The van der Waals surface area contributed by atoms with Crippen LogP contribution in [0.3, 0.4) is 0 Å². The molecular formula is C21H18Cl2N2O2. The first-order valence-electron chi connectivity index (χ1n) is 8.88. The van der Waals surface area contributed by atoms with Gasteiger partial charge in [0.15, 0.2) is 5.75 Å². The number of esters is 1. The first-order chi connectivity index (χ1) is 13.1. The molecule has 6 heteroatoms. The van der Waals surface area contributed by atoms with Gasteiger partial charge in [0.2, 0.25) is 0 Å². The quantitative estimate of drug-likeness (QED) is 0.436. The van der Waals surface area contributed by atoms with Crippen molar-refractivity contribution in [3.63, 3.8) is 0 Å². The van der Waals surface area contributed by atoms with Gasteiger partial charge in [0.1, 0.15) is 5.52 Å². The van der Waals surface area contributed by atoms with Crippen LogP contribution in [0.25, 0.3) is 10.9 Å². The normalized spacial score (nSPS) is 14.6. The van der Waals surface area contributed by atoms with E-state index in [9.17, 15) is 4.79 Å². The molecule has 1 aliphatic rings. The number of likely N-dealkylation sites (tertiary alicyclic amines) is 1. The van der Waals surface area contributed by atoms with Crippen LogP contribution in [0.15, 0.2) is 48.7 Å². The molecule has 0 amide bonds. The Morgan fingerprint density at radius 2 is 1.93 bits per heavy atom. The number of carbonyl (C=O) groups is 1. The second-order valence-corrected chi connectivity index (χ2v) is 7.46. The fraction of sp³-hybridized carbons (Fsp3) is 0.238. The van der Waals surface area contributed by atoms with Gasteiger partial charge < -0.3 is 4.74 Å². The standard InChI is InChI=1S/C21H18Cl2N2O2/c22-15-6-7-17(18(23)12-15)21(26)27-19-8-5-14(13-25-10-1-2-11-25)16-4-3-9-24-20(16)19/h3-9,12H,1-2,10-11,13H2. The van der Waals surface area contributed by atoms with Crippen LogP contribution in [0.4, 0.5) is 0 Å². The lowest BCUT2D eigenvalue weighted by molar-refractivity contribution is 0.0737. The van der Waals surface area contributed by atoms with Crippen LogP contribution in [0.1, 0.15) is 28.8 Å². The molecule has 0 saturated carbocycles. The number of hydrogen-bond donors (Lipinski definition) is 0. The molecule has 1 fully saturated rings. The molecule has 0 aliphatic carbocycles. The molecule has 0 bridgehead atoms. The zero-order valence-corrected chi connectivity index (χ0v) is 16.1. The number of pyridine rings is 1. The lowest BCUT2D eigenvalue weighted by atomic mass is 10.1. The molecule has 1 saturated heterocycles. The molecule has 2 heterocycles. The third-order valence-electron chi connectivity index (χ3n) is 4.77. The molecule has 27 heavy (non-hydrogen) atoms. The van der Waals surface area contributed by atoms with E-state index >= 15 is 0 Å². The third-order valence-corrected chi connectivity index (χ3v) is 5.32. The summed E-state index contributed by atoms with van der Waals surface area (Å²) >= 11 is 12.0. The zero-order chi connectivity index (χ0) is 18.8. The molecule has 0 N–H and O–H groups in total. The van der Waals surface area contributed by atoms with Gasteiger partial charge in [-0.1, -0.05) is 35.3 Å². The molecule has 2 aromatic carbocycles. The summed E-state index contributed by atoms with van der Waals surface area (Å²) in [5.74, 6) is -0.109. The molecule has 0 atom stereocenters. The van der Waals surface area contributed by atoms with Crippen molar-refractivity contribution < 1.29 is 9.53 Å². The van der Waals surface area contributed by atoms with Crippen molar-refractivity contribution in [2.45, 2.75) is 19.4 Å². The number of hydrogen-bond acceptors (Lipinski definition) is 4. The summed E-state index contributed by atoms with van der Waals surface area (Å²) in [6.07, 6.45) is 4.19. The molecule has 138 valence electrons. The van der Waals surface area contributed by atoms with E-state index in [1.807, 2.05) is 24.3 Å². The predicted octanol–water partition coefficient (Wildman–Crippen LogP) is 5.36. The maximum Gasteiger partial charge on any atom is 0.345 e. The zero-order valence-electron chi connectivity index (χ0n) is 14.6. The summed E-state index contributed by atoms with van der Waals surface area (Å²) in [6.45, 7) is 3.11. The van der Waals surface area contributed by atoms with E-state index in [1.165, 1.54) is 24.5 Å². The minimum atomic E-state index is -0.532. The summed E-state index contributed by atoms with van der Waals surface area (Å²) in [4.78, 5) is 19.4. The number of benzene rings is 2. The van der Waals surface area contributed by atoms with Gasteiger partial charge in [0.25, 0.3) is 0 Å². The van der Waals surface area contributed by atoms with Crippen molar-refractivity contribution in [3.05, 3.63) is 69.8 Å². The molecule has 1 aromatic heterocycles. The van der Waals surface area contributed by atoms with Crippen LogP contribution >= 0.6 is 23.2 Å². The number of fused-ring (bicyclic) bond motifs is 1. The molecule has 4 nitrogen and oxygen atoms in total. The van der Waals surface area contributed by atoms with Gasteiger partial charge in [0.05, 0.1) is 10.6 Å². The van der Waals surface area contributed by atoms with Gasteiger partial charge >= 0.3 is 5.97 Å². The number of ether oxygens (including phenoxy) is 1. The lowest BCUT2D eigenvalue weighted by Gasteiger charge is -2.17. The van der Waals surface area contributed by atoms with E-state index < -0.39 is 5.97 Å². The molecule has 0 unspecified atom stereocenters. The summed E-state index contributed by atoms with van der Waals surface area (Å²) in [5.41, 5.74) is 2.13.